The van der Waals surface area contributed by atoms with E-state index in [4.69, 9.17) is 11.6 Å². The molecule has 1 amide bonds. The molecule has 0 aliphatic rings. The molecule has 0 unspecified atom stereocenters. The summed E-state index contributed by atoms with van der Waals surface area (Å²) in [7, 11) is 1.75. The van der Waals surface area contributed by atoms with Crippen LogP contribution in [0.4, 0.5) is 11.4 Å². The molecule has 0 aliphatic heterocycles. The van der Waals surface area contributed by atoms with Crippen LogP contribution in [-0.2, 0) is 0 Å². The molecule has 0 spiro atoms. The second-order valence-electron chi connectivity index (χ2n) is 3.75. The number of carbonyl (C=O) groups excluding carboxylic acids is 1. The summed E-state index contributed by atoms with van der Waals surface area (Å²) in [4.78, 5) is 16.1. The van der Waals surface area contributed by atoms with Gasteiger partial charge in [0.15, 0.2) is 0 Å². The molecule has 0 atom stereocenters. The summed E-state index contributed by atoms with van der Waals surface area (Å²) in [5, 5.41) is 6.17. The second-order valence-corrected chi connectivity index (χ2v) is 5.07. The number of hydrogen-bond acceptors (Lipinski definition) is 3. The van der Waals surface area contributed by atoms with Crippen molar-refractivity contribution < 1.29 is 4.79 Å². The fraction of sp³-hybridized carbons (Fsp3) is 0.0769. The number of benzene rings is 1. The van der Waals surface area contributed by atoms with E-state index in [2.05, 4.69) is 31.5 Å². The Hall–Kier alpha value is -1.59. The second kappa shape index (κ2) is 6.04. The van der Waals surface area contributed by atoms with Crippen molar-refractivity contribution in [1.29, 1.82) is 0 Å². The molecule has 0 saturated carbocycles. The first kappa shape index (κ1) is 13.8. The summed E-state index contributed by atoms with van der Waals surface area (Å²) in [6, 6.07) is 7.00. The largest absolute Gasteiger partial charge is 0.387 e. The molecule has 0 bridgehead atoms. The van der Waals surface area contributed by atoms with Gasteiger partial charge in [-0.2, -0.15) is 0 Å². The Morgan fingerprint density at radius 1 is 1.32 bits per heavy atom. The lowest BCUT2D eigenvalue weighted by Crippen LogP contribution is -2.14. The van der Waals surface area contributed by atoms with Crippen LogP contribution >= 0.6 is 27.5 Å². The van der Waals surface area contributed by atoms with E-state index in [1.54, 1.807) is 31.4 Å². The number of aromatic nitrogens is 1. The third-order valence-electron chi connectivity index (χ3n) is 2.51. The van der Waals surface area contributed by atoms with E-state index in [-0.39, 0.29) is 5.91 Å². The zero-order valence-electron chi connectivity index (χ0n) is 10.1. The van der Waals surface area contributed by atoms with Crippen LogP contribution in [-0.4, -0.2) is 17.9 Å². The molecule has 1 aromatic heterocycles. The molecule has 0 fully saturated rings. The molecule has 2 N–H and O–H groups in total. The van der Waals surface area contributed by atoms with Crippen LogP contribution in [0.25, 0.3) is 0 Å². The summed E-state index contributed by atoms with van der Waals surface area (Å²) < 4.78 is 0.854. The topological polar surface area (TPSA) is 54.0 Å². The van der Waals surface area contributed by atoms with Gasteiger partial charge in [0.25, 0.3) is 5.91 Å². The Morgan fingerprint density at radius 3 is 2.79 bits per heavy atom. The molecular weight excluding hydrogens is 330 g/mol. The van der Waals surface area contributed by atoms with Gasteiger partial charge in [0, 0.05) is 29.6 Å². The highest BCUT2D eigenvalue weighted by Crippen LogP contribution is 2.26. The zero-order chi connectivity index (χ0) is 13.8. The predicted molar refractivity (Wildman–Crippen MR) is 80.9 cm³/mol. The minimum atomic E-state index is -0.262. The Balaban J connectivity index is 2.26. The number of pyridine rings is 1. The van der Waals surface area contributed by atoms with Crippen molar-refractivity contribution in [3.63, 3.8) is 0 Å². The van der Waals surface area contributed by atoms with Crippen molar-refractivity contribution >= 4 is 44.8 Å². The van der Waals surface area contributed by atoms with Gasteiger partial charge in [0.2, 0.25) is 0 Å². The van der Waals surface area contributed by atoms with E-state index >= 15 is 0 Å². The Bertz CT molecular complexity index is 619. The summed E-state index contributed by atoms with van der Waals surface area (Å²) >= 11 is 9.37. The van der Waals surface area contributed by atoms with Crippen molar-refractivity contribution in [1.82, 2.24) is 4.98 Å². The van der Waals surface area contributed by atoms with Gasteiger partial charge in [-0.1, -0.05) is 27.5 Å². The van der Waals surface area contributed by atoms with Crippen LogP contribution in [0.1, 0.15) is 10.4 Å². The molecule has 2 rings (SSSR count). The third-order valence-corrected chi connectivity index (χ3v) is 3.32. The first-order valence-corrected chi connectivity index (χ1v) is 6.67. The van der Waals surface area contributed by atoms with Crippen LogP contribution in [0, 0.1) is 0 Å². The Labute approximate surface area is 124 Å². The fourth-order valence-corrected chi connectivity index (χ4v) is 2.29. The maximum absolute atomic E-state index is 12.2. The van der Waals surface area contributed by atoms with E-state index in [1.807, 2.05) is 6.07 Å². The minimum Gasteiger partial charge on any atom is -0.387 e. The van der Waals surface area contributed by atoms with Gasteiger partial charge in [-0.25, -0.2) is 0 Å². The average Bonchev–Trinajstić information content (AvgIpc) is 2.41. The van der Waals surface area contributed by atoms with Gasteiger partial charge in [0.05, 0.1) is 16.3 Å². The molecule has 2 aromatic rings. The highest BCUT2D eigenvalue weighted by molar-refractivity contribution is 9.10. The Kier molecular flexibility index (Phi) is 4.39. The van der Waals surface area contributed by atoms with Gasteiger partial charge in [-0.15, -0.1) is 0 Å². The number of carbonyl (C=O) groups is 1. The summed E-state index contributed by atoms with van der Waals surface area (Å²) in [5.74, 6) is -0.262. The minimum absolute atomic E-state index is 0.262. The van der Waals surface area contributed by atoms with Gasteiger partial charge < -0.3 is 10.6 Å². The summed E-state index contributed by atoms with van der Waals surface area (Å²) in [5.41, 5.74) is 1.73. The standard InChI is InChI=1S/C13H11BrClN3O/c1-16-11-4-5-17-7-9(11)13(19)18-12-3-2-8(14)6-10(12)15/h2-7H,1H3,(H,16,17)(H,18,19). The van der Waals surface area contributed by atoms with Crippen molar-refractivity contribution in [3.8, 4) is 0 Å². The van der Waals surface area contributed by atoms with E-state index in [0.29, 0.717) is 22.0 Å². The molecule has 0 aliphatic carbocycles. The van der Waals surface area contributed by atoms with Crippen molar-refractivity contribution in [2.45, 2.75) is 0 Å². The SMILES string of the molecule is CNc1ccncc1C(=O)Nc1ccc(Br)cc1Cl. The van der Waals surface area contributed by atoms with Crippen LogP contribution in [0.3, 0.4) is 0 Å². The molecule has 0 saturated heterocycles. The normalized spacial score (nSPS) is 10.1. The van der Waals surface area contributed by atoms with Crippen LogP contribution in [0.15, 0.2) is 41.1 Å². The molecule has 4 nitrogen and oxygen atoms in total. The molecule has 1 heterocycles. The van der Waals surface area contributed by atoms with E-state index < -0.39 is 0 Å². The van der Waals surface area contributed by atoms with E-state index in [0.717, 1.165) is 4.47 Å². The number of nitrogens with zero attached hydrogens (tertiary/aromatic N) is 1. The lowest BCUT2D eigenvalue weighted by atomic mass is 10.2. The highest BCUT2D eigenvalue weighted by Gasteiger charge is 2.12. The third kappa shape index (κ3) is 3.24. The number of halogens is 2. The van der Waals surface area contributed by atoms with Crippen LogP contribution < -0.4 is 10.6 Å². The number of nitrogens with one attached hydrogen (secondary N) is 2. The summed E-state index contributed by atoms with van der Waals surface area (Å²) in [6.45, 7) is 0. The van der Waals surface area contributed by atoms with E-state index in [1.165, 1.54) is 6.20 Å². The lowest BCUT2D eigenvalue weighted by Gasteiger charge is -2.10. The van der Waals surface area contributed by atoms with Gasteiger partial charge in [-0.05, 0) is 24.3 Å². The quantitative estimate of drug-likeness (QED) is 0.894. The number of anilines is 2. The summed E-state index contributed by atoms with van der Waals surface area (Å²) in [6.07, 6.45) is 3.13. The monoisotopic (exact) mass is 339 g/mol. The maximum Gasteiger partial charge on any atom is 0.259 e. The Morgan fingerprint density at radius 2 is 2.11 bits per heavy atom. The van der Waals surface area contributed by atoms with E-state index in [9.17, 15) is 4.79 Å². The lowest BCUT2D eigenvalue weighted by molar-refractivity contribution is 0.102. The van der Waals surface area contributed by atoms with Crippen LogP contribution in [0.5, 0.6) is 0 Å². The number of rotatable bonds is 3. The molecule has 6 heteroatoms. The van der Waals surface area contributed by atoms with Gasteiger partial charge in [-0.3, -0.25) is 9.78 Å². The first-order chi connectivity index (χ1) is 9.11. The highest BCUT2D eigenvalue weighted by atomic mass is 79.9. The zero-order valence-corrected chi connectivity index (χ0v) is 12.4. The fourth-order valence-electron chi connectivity index (χ4n) is 1.57. The van der Waals surface area contributed by atoms with Crippen molar-refractivity contribution in [3.05, 3.63) is 51.7 Å². The molecule has 19 heavy (non-hydrogen) atoms. The number of hydrogen-bond donors (Lipinski definition) is 2. The van der Waals surface area contributed by atoms with Gasteiger partial charge in [0.1, 0.15) is 0 Å². The average molecular weight is 341 g/mol. The molecule has 0 radical (unpaired) electrons. The first-order valence-electron chi connectivity index (χ1n) is 5.50. The molecule has 98 valence electrons. The number of amides is 1. The maximum atomic E-state index is 12.2. The van der Waals surface area contributed by atoms with Gasteiger partial charge >= 0.3 is 0 Å². The van der Waals surface area contributed by atoms with Crippen molar-refractivity contribution in [2.24, 2.45) is 0 Å². The van der Waals surface area contributed by atoms with Crippen LogP contribution in [0.2, 0.25) is 5.02 Å². The predicted octanol–water partition coefficient (Wildman–Crippen LogP) is 3.79. The smallest absolute Gasteiger partial charge is 0.259 e. The molecule has 1 aromatic carbocycles. The van der Waals surface area contributed by atoms with Crippen molar-refractivity contribution in [2.75, 3.05) is 17.7 Å². The molecular formula is C13H11BrClN3O.